The maximum atomic E-state index is 13.0. The number of phosphoric acid groups is 1. The normalized spacial score (nSPS) is 13.9. The highest BCUT2D eigenvalue weighted by atomic mass is 31.2. The van der Waals surface area contributed by atoms with Crippen LogP contribution in [0.3, 0.4) is 0 Å². The van der Waals surface area contributed by atoms with E-state index in [-0.39, 0.29) is 12.5 Å². The third kappa shape index (κ3) is 62.2. The lowest BCUT2D eigenvalue weighted by Gasteiger charge is -2.29. The summed E-state index contributed by atoms with van der Waals surface area (Å²) in [7, 11) is 1.25. The molecule has 0 saturated heterocycles. The van der Waals surface area contributed by atoms with E-state index in [1.807, 2.05) is 27.2 Å². The molecule has 0 aromatic carbocycles. The number of hydrogen-bond donors (Lipinski definition) is 2. The van der Waals surface area contributed by atoms with Crippen molar-refractivity contribution < 1.29 is 32.9 Å². The topological polar surface area (TPSA) is 108 Å². The highest BCUT2D eigenvalue weighted by molar-refractivity contribution is 7.45. The summed E-state index contributed by atoms with van der Waals surface area (Å²) in [5.74, 6) is -0.205. The van der Waals surface area contributed by atoms with Crippen LogP contribution in [-0.4, -0.2) is 68.5 Å². The predicted molar refractivity (Wildman–Crippen MR) is 335 cm³/mol. The van der Waals surface area contributed by atoms with Crippen molar-refractivity contribution in [2.45, 2.75) is 353 Å². The van der Waals surface area contributed by atoms with Gasteiger partial charge in [-0.2, -0.15) is 0 Å². The molecule has 2 N–H and O–H groups in total. The Labute approximate surface area is 480 Å². The van der Waals surface area contributed by atoms with E-state index >= 15 is 0 Å². The molecule has 0 rings (SSSR count). The minimum absolute atomic E-state index is 0.00730. The first-order chi connectivity index (χ1) is 37.5. The molecule has 0 fully saturated rings. The first-order valence-electron chi connectivity index (χ1n) is 33.9. The number of aliphatic hydroxyl groups is 1. The molecule has 0 saturated carbocycles. The second-order valence-electron chi connectivity index (χ2n) is 24.5. The summed E-state index contributed by atoms with van der Waals surface area (Å²) in [4.78, 5) is 25.5. The zero-order valence-electron chi connectivity index (χ0n) is 52.2. The van der Waals surface area contributed by atoms with Gasteiger partial charge in [0.2, 0.25) is 5.91 Å². The van der Waals surface area contributed by atoms with Crippen LogP contribution in [0.1, 0.15) is 341 Å². The van der Waals surface area contributed by atoms with Crippen molar-refractivity contribution in [1.29, 1.82) is 0 Å². The molecule has 0 aliphatic heterocycles. The Balaban J connectivity index is 3.96. The molecule has 3 unspecified atom stereocenters. The van der Waals surface area contributed by atoms with Gasteiger partial charge in [-0.25, -0.2) is 0 Å². The number of phosphoric ester groups is 1. The summed E-state index contributed by atoms with van der Waals surface area (Å²) < 4.78 is 23.4. The molecular weight excluding hydrogens is 972 g/mol. The maximum Gasteiger partial charge on any atom is 0.268 e. The minimum atomic E-state index is -4.61. The summed E-state index contributed by atoms with van der Waals surface area (Å²) in [6.07, 6.45) is 78.5. The summed E-state index contributed by atoms with van der Waals surface area (Å²) >= 11 is 0. The van der Waals surface area contributed by atoms with Crippen molar-refractivity contribution in [2.24, 2.45) is 0 Å². The van der Waals surface area contributed by atoms with E-state index in [1.54, 1.807) is 6.08 Å². The largest absolute Gasteiger partial charge is 0.756 e. The maximum absolute atomic E-state index is 13.0. The van der Waals surface area contributed by atoms with Crippen LogP contribution in [0.2, 0.25) is 0 Å². The van der Waals surface area contributed by atoms with Crippen LogP contribution >= 0.6 is 7.82 Å². The van der Waals surface area contributed by atoms with Crippen molar-refractivity contribution in [1.82, 2.24) is 5.32 Å². The van der Waals surface area contributed by atoms with Crippen LogP contribution in [0.25, 0.3) is 0 Å². The van der Waals surface area contributed by atoms with Gasteiger partial charge in [-0.05, 0) is 44.9 Å². The van der Waals surface area contributed by atoms with Gasteiger partial charge in [-0.3, -0.25) is 9.36 Å². The first kappa shape index (κ1) is 75.7. The standard InChI is InChI=1S/C68H133N2O6P/c1-6-8-10-12-14-16-18-20-22-24-26-27-28-29-30-31-32-33-34-35-36-37-38-39-40-41-42-43-44-46-48-50-52-54-56-58-60-62-68(72)69-66(65-76-77(73,74)75-64-63-70(3,4)5)67(71)61-59-57-55-53-51-49-47-45-25-23-21-19-17-15-13-11-9-7-2/h25,45,51,53,59,61,66-67,71H,6-24,26-44,46-50,52,54-58,60,62-65H2,1-5H3,(H-,69,72,73,74)/b45-25+,53-51+,61-59+. The number of hydrogen-bond acceptors (Lipinski definition) is 6. The number of nitrogens with one attached hydrogen (secondary N) is 1. The van der Waals surface area contributed by atoms with E-state index in [4.69, 9.17) is 9.05 Å². The molecule has 9 heteroatoms. The number of rotatable bonds is 63. The number of unbranched alkanes of at least 4 members (excludes halogenated alkanes) is 46. The van der Waals surface area contributed by atoms with E-state index in [9.17, 15) is 19.4 Å². The fourth-order valence-corrected chi connectivity index (χ4v) is 11.0. The van der Waals surface area contributed by atoms with Crippen LogP contribution in [0.4, 0.5) is 0 Å². The van der Waals surface area contributed by atoms with Crippen LogP contribution in [0.5, 0.6) is 0 Å². The van der Waals surface area contributed by atoms with Gasteiger partial charge in [-0.15, -0.1) is 0 Å². The summed E-state index contributed by atoms with van der Waals surface area (Å²) in [5, 5.41) is 13.9. The number of carbonyl (C=O) groups excluding carboxylic acids is 1. The van der Waals surface area contributed by atoms with E-state index in [0.717, 1.165) is 44.9 Å². The Kier molecular flexibility index (Phi) is 58.4. The first-order valence-corrected chi connectivity index (χ1v) is 35.3. The van der Waals surface area contributed by atoms with E-state index < -0.39 is 26.6 Å². The molecular formula is C68H133N2O6P. The summed E-state index contributed by atoms with van der Waals surface area (Å²) in [5.41, 5.74) is 0. The van der Waals surface area contributed by atoms with Crippen molar-refractivity contribution in [3.8, 4) is 0 Å². The Morgan fingerprint density at radius 1 is 0.442 bits per heavy atom. The number of carbonyl (C=O) groups is 1. The van der Waals surface area contributed by atoms with Gasteiger partial charge in [0.05, 0.1) is 39.9 Å². The van der Waals surface area contributed by atoms with Crippen LogP contribution < -0.4 is 10.2 Å². The Hall–Kier alpha value is -1.28. The Bertz CT molecular complexity index is 1350. The second kappa shape index (κ2) is 59.3. The average Bonchev–Trinajstić information content (AvgIpc) is 3.39. The molecule has 1 amide bonds. The molecule has 8 nitrogen and oxygen atoms in total. The van der Waals surface area contributed by atoms with Crippen molar-refractivity contribution in [3.05, 3.63) is 36.5 Å². The highest BCUT2D eigenvalue weighted by Gasteiger charge is 2.23. The van der Waals surface area contributed by atoms with Gasteiger partial charge in [0.25, 0.3) is 7.82 Å². The van der Waals surface area contributed by atoms with Crippen LogP contribution in [0.15, 0.2) is 36.5 Å². The van der Waals surface area contributed by atoms with Gasteiger partial charge in [0.15, 0.2) is 0 Å². The zero-order valence-corrected chi connectivity index (χ0v) is 53.1. The van der Waals surface area contributed by atoms with Crippen LogP contribution in [0, 0.1) is 0 Å². The van der Waals surface area contributed by atoms with E-state index in [0.29, 0.717) is 17.4 Å². The fraction of sp³-hybridized carbons (Fsp3) is 0.897. The van der Waals surface area contributed by atoms with Crippen molar-refractivity contribution >= 4 is 13.7 Å². The minimum Gasteiger partial charge on any atom is -0.756 e. The average molecular weight is 1110 g/mol. The summed E-state index contributed by atoms with van der Waals surface area (Å²) in [6.45, 7) is 4.66. The SMILES string of the molecule is CCCCCCCCCC/C=C/CC/C=C/CC/C=C/C(O)C(COP(=O)([O-])OCC[N+](C)(C)C)NC(=O)CCCCCCCCCCCCCCCCCCCCCCCCCCCCCCCCCCCCCCC. The molecule has 0 aliphatic rings. The third-order valence-corrected chi connectivity index (χ3v) is 16.5. The second-order valence-corrected chi connectivity index (χ2v) is 25.9. The molecule has 0 spiro atoms. The third-order valence-electron chi connectivity index (χ3n) is 15.6. The summed E-state index contributed by atoms with van der Waals surface area (Å²) in [6, 6.07) is -0.908. The van der Waals surface area contributed by atoms with Crippen molar-refractivity contribution in [3.63, 3.8) is 0 Å². The molecule has 0 aromatic rings. The molecule has 0 bridgehead atoms. The van der Waals surface area contributed by atoms with Gasteiger partial charge < -0.3 is 28.8 Å². The molecule has 3 atom stereocenters. The highest BCUT2D eigenvalue weighted by Crippen LogP contribution is 2.38. The van der Waals surface area contributed by atoms with Gasteiger partial charge in [0.1, 0.15) is 13.2 Å². The van der Waals surface area contributed by atoms with Crippen LogP contribution in [-0.2, 0) is 18.4 Å². The lowest BCUT2D eigenvalue weighted by atomic mass is 10.0. The number of allylic oxidation sites excluding steroid dienone is 5. The smallest absolute Gasteiger partial charge is 0.268 e. The molecule has 0 heterocycles. The van der Waals surface area contributed by atoms with Crippen molar-refractivity contribution in [2.75, 3.05) is 40.9 Å². The van der Waals surface area contributed by atoms with E-state index in [1.165, 1.54) is 276 Å². The van der Waals surface area contributed by atoms with Gasteiger partial charge >= 0.3 is 0 Å². The molecule has 77 heavy (non-hydrogen) atoms. The monoisotopic (exact) mass is 1100 g/mol. The quantitative estimate of drug-likeness (QED) is 0.0272. The number of nitrogens with zero attached hydrogens (tertiary/aromatic N) is 1. The lowest BCUT2D eigenvalue weighted by Crippen LogP contribution is -2.45. The lowest BCUT2D eigenvalue weighted by molar-refractivity contribution is -0.870. The van der Waals surface area contributed by atoms with E-state index in [2.05, 4.69) is 43.5 Å². The zero-order chi connectivity index (χ0) is 56.3. The number of aliphatic hydroxyl groups excluding tert-OH is 1. The molecule has 456 valence electrons. The molecule has 0 aromatic heterocycles. The Morgan fingerprint density at radius 2 is 0.727 bits per heavy atom. The molecule has 0 aliphatic carbocycles. The van der Waals surface area contributed by atoms with Gasteiger partial charge in [-0.1, -0.05) is 326 Å². The Morgan fingerprint density at radius 3 is 1.05 bits per heavy atom. The number of quaternary nitrogens is 1. The number of likely N-dealkylation sites (N-methyl/N-ethyl adjacent to an activating group) is 1. The molecule has 0 radical (unpaired) electrons. The predicted octanol–water partition coefficient (Wildman–Crippen LogP) is 20.6. The fourth-order valence-electron chi connectivity index (χ4n) is 10.3. The van der Waals surface area contributed by atoms with Gasteiger partial charge in [0, 0.05) is 6.42 Å². The number of amides is 1.